The third kappa shape index (κ3) is 7.63. The smallest absolute Gasteiger partial charge is 0.352 e. The minimum atomic E-state index is -4.34. The van der Waals surface area contributed by atoms with Crippen LogP contribution >= 0.6 is 0 Å². The fourth-order valence-electron chi connectivity index (χ4n) is 5.25. The molecule has 3 aromatic rings. The number of piperidine rings is 1. The first kappa shape index (κ1) is 28.6. The van der Waals surface area contributed by atoms with Crippen molar-refractivity contribution in [1.29, 1.82) is 0 Å². The molecule has 0 saturated carbocycles. The Kier molecular flexibility index (Phi) is 8.87. The number of anilines is 2. The molecule has 3 N–H and O–H groups in total. The van der Waals surface area contributed by atoms with Gasteiger partial charge in [-0.3, -0.25) is 9.59 Å². The van der Waals surface area contributed by atoms with E-state index in [0.717, 1.165) is 36.3 Å². The van der Waals surface area contributed by atoms with Gasteiger partial charge in [0.25, 0.3) is 5.91 Å². The lowest BCUT2D eigenvalue weighted by atomic mass is 9.96. The Labute approximate surface area is 236 Å². The summed E-state index contributed by atoms with van der Waals surface area (Å²) in [5.74, 6) is 0.401. The van der Waals surface area contributed by atoms with E-state index < -0.39 is 24.9 Å². The predicted octanol–water partition coefficient (Wildman–Crippen LogP) is 4.55. The number of rotatable bonds is 9. The second-order valence-electron chi connectivity index (χ2n) is 10.5. The van der Waals surface area contributed by atoms with Crippen molar-refractivity contribution in [3.63, 3.8) is 0 Å². The summed E-state index contributed by atoms with van der Waals surface area (Å²) in [4.78, 5) is 30.8. The number of halogens is 3. The van der Waals surface area contributed by atoms with E-state index in [1.165, 1.54) is 17.7 Å². The van der Waals surface area contributed by atoms with Crippen molar-refractivity contribution >= 4 is 34.7 Å². The minimum absolute atomic E-state index is 0.0998. The monoisotopic (exact) mass is 569 g/mol. The molecule has 2 aliphatic rings. The zero-order valence-corrected chi connectivity index (χ0v) is 22.7. The Morgan fingerprint density at radius 2 is 1.98 bits per heavy atom. The number of carbonyl (C=O) groups is 2. The first-order chi connectivity index (χ1) is 19.7. The van der Waals surface area contributed by atoms with E-state index in [1.807, 2.05) is 18.2 Å². The molecule has 0 radical (unpaired) electrons. The molecule has 1 saturated heterocycles. The van der Waals surface area contributed by atoms with E-state index in [4.69, 9.17) is 0 Å². The second-order valence-corrected chi connectivity index (χ2v) is 10.5. The summed E-state index contributed by atoms with van der Waals surface area (Å²) in [7, 11) is 0. The minimum Gasteiger partial charge on any atom is -0.352 e. The molecular weight excluding hydrogens is 535 g/mol. The highest BCUT2D eigenvalue weighted by molar-refractivity contribution is 5.94. The van der Waals surface area contributed by atoms with Crippen molar-refractivity contribution in [2.45, 2.75) is 44.7 Å². The van der Waals surface area contributed by atoms with E-state index in [9.17, 15) is 22.8 Å². The predicted molar refractivity (Wildman–Crippen MR) is 150 cm³/mol. The third-order valence-corrected chi connectivity index (χ3v) is 7.53. The van der Waals surface area contributed by atoms with Gasteiger partial charge in [0.1, 0.15) is 0 Å². The molecule has 0 aliphatic carbocycles. The molecule has 218 valence electrons. The number of carbonyl (C=O) groups excluding carboxylic acids is 2. The standard InChI is InChI=1S/C29H34F3N7O2/c30-29(31,32)13-9-25(40)38-17-11-21(12-18-38)24-4-2-16-39-26(24)36-28(37-39)35-23-7-5-22(6-8-23)27(41)34-15-10-20-3-1-14-33-19-20/h2,4-8,11,16,20,33H,1,3,9-10,12-15,17-19H2,(H,34,41)(H,35,37). The maximum atomic E-state index is 12.5. The van der Waals surface area contributed by atoms with Crippen molar-refractivity contribution in [3.05, 3.63) is 59.8 Å². The number of pyridine rings is 1. The van der Waals surface area contributed by atoms with Gasteiger partial charge in [0.15, 0.2) is 5.65 Å². The Balaban J connectivity index is 1.18. The zero-order chi connectivity index (χ0) is 28.8. The molecule has 2 aromatic heterocycles. The lowest BCUT2D eigenvalue weighted by molar-refractivity contribution is -0.148. The van der Waals surface area contributed by atoms with E-state index >= 15 is 0 Å². The van der Waals surface area contributed by atoms with Gasteiger partial charge in [-0.15, -0.1) is 5.10 Å². The van der Waals surface area contributed by atoms with E-state index in [1.54, 1.807) is 35.0 Å². The van der Waals surface area contributed by atoms with Gasteiger partial charge in [-0.05, 0) is 86.7 Å². The number of hydrogen-bond acceptors (Lipinski definition) is 6. The Morgan fingerprint density at radius 1 is 1.15 bits per heavy atom. The van der Waals surface area contributed by atoms with E-state index in [2.05, 4.69) is 26.0 Å². The van der Waals surface area contributed by atoms with Crippen LogP contribution in [0.5, 0.6) is 0 Å². The van der Waals surface area contributed by atoms with Gasteiger partial charge in [0, 0.05) is 49.1 Å². The molecule has 12 heteroatoms. The average molecular weight is 570 g/mol. The molecule has 5 rings (SSSR count). The number of fused-ring (bicyclic) bond motifs is 1. The largest absolute Gasteiger partial charge is 0.389 e. The molecule has 1 aromatic carbocycles. The van der Waals surface area contributed by atoms with Crippen molar-refractivity contribution in [1.82, 2.24) is 30.1 Å². The summed E-state index contributed by atoms with van der Waals surface area (Å²) in [6, 6.07) is 10.9. The summed E-state index contributed by atoms with van der Waals surface area (Å²) in [5.41, 5.74) is 3.76. The first-order valence-corrected chi connectivity index (χ1v) is 14.0. The van der Waals surface area contributed by atoms with Crippen LogP contribution in [0, 0.1) is 5.92 Å². The number of amides is 2. The molecule has 0 spiro atoms. The summed E-state index contributed by atoms with van der Waals surface area (Å²) < 4.78 is 39.1. The number of hydrogen-bond donors (Lipinski definition) is 3. The van der Waals surface area contributed by atoms with Crippen LogP contribution in [0.25, 0.3) is 11.2 Å². The van der Waals surface area contributed by atoms with Crippen LogP contribution in [0.15, 0.2) is 48.7 Å². The molecule has 2 aliphatic heterocycles. The van der Waals surface area contributed by atoms with Gasteiger partial charge in [0.05, 0.1) is 6.42 Å². The van der Waals surface area contributed by atoms with Gasteiger partial charge in [0.2, 0.25) is 11.9 Å². The highest BCUT2D eigenvalue weighted by Crippen LogP contribution is 2.28. The van der Waals surface area contributed by atoms with Crippen LogP contribution in [-0.2, 0) is 4.79 Å². The van der Waals surface area contributed by atoms with Crippen LogP contribution in [0.1, 0.15) is 54.4 Å². The van der Waals surface area contributed by atoms with Crippen LogP contribution in [0.2, 0.25) is 0 Å². The van der Waals surface area contributed by atoms with Gasteiger partial charge < -0.3 is 20.9 Å². The molecule has 0 bridgehead atoms. The van der Waals surface area contributed by atoms with Crippen LogP contribution in [0.3, 0.4) is 0 Å². The first-order valence-electron chi connectivity index (χ1n) is 14.0. The van der Waals surface area contributed by atoms with Crippen molar-refractivity contribution in [2.75, 3.05) is 38.0 Å². The summed E-state index contributed by atoms with van der Waals surface area (Å²) in [6.45, 7) is 3.35. The molecule has 2 amide bonds. The average Bonchev–Trinajstić information content (AvgIpc) is 3.39. The van der Waals surface area contributed by atoms with Crippen molar-refractivity contribution in [3.8, 4) is 0 Å². The van der Waals surface area contributed by atoms with Gasteiger partial charge >= 0.3 is 6.18 Å². The molecule has 1 fully saturated rings. The molecule has 1 atom stereocenters. The number of nitrogens with one attached hydrogen (secondary N) is 3. The Morgan fingerprint density at radius 3 is 2.68 bits per heavy atom. The van der Waals surface area contributed by atoms with Crippen molar-refractivity contribution < 1.29 is 22.8 Å². The number of nitrogens with zero attached hydrogens (tertiary/aromatic N) is 4. The quantitative estimate of drug-likeness (QED) is 0.350. The zero-order valence-electron chi connectivity index (χ0n) is 22.7. The van der Waals surface area contributed by atoms with Gasteiger partial charge in [-0.1, -0.05) is 6.08 Å². The lowest BCUT2D eigenvalue weighted by Gasteiger charge is -2.27. The van der Waals surface area contributed by atoms with Crippen LogP contribution in [-0.4, -0.2) is 70.2 Å². The summed E-state index contributed by atoms with van der Waals surface area (Å²) in [6.07, 6.45) is 1.52. The fourth-order valence-corrected chi connectivity index (χ4v) is 5.25. The van der Waals surface area contributed by atoms with Crippen molar-refractivity contribution in [2.24, 2.45) is 5.92 Å². The molecule has 1 unspecified atom stereocenters. The summed E-state index contributed by atoms with van der Waals surface area (Å²) >= 11 is 0. The van der Waals surface area contributed by atoms with Crippen LogP contribution in [0.4, 0.5) is 24.8 Å². The topological polar surface area (TPSA) is 104 Å². The normalized spacial score (nSPS) is 17.8. The Hall–Kier alpha value is -3.93. The molecule has 41 heavy (non-hydrogen) atoms. The molecular formula is C29H34F3N7O2. The second kappa shape index (κ2) is 12.7. The highest BCUT2D eigenvalue weighted by Gasteiger charge is 2.29. The van der Waals surface area contributed by atoms with Crippen LogP contribution < -0.4 is 16.0 Å². The number of alkyl halides is 3. The number of benzene rings is 1. The van der Waals surface area contributed by atoms with E-state index in [0.29, 0.717) is 42.6 Å². The number of aromatic nitrogens is 3. The fraction of sp³-hybridized carbons (Fsp3) is 0.448. The lowest BCUT2D eigenvalue weighted by Crippen LogP contribution is -2.35. The highest BCUT2D eigenvalue weighted by atomic mass is 19.4. The molecule has 4 heterocycles. The third-order valence-electron chi connectivity index (χ3n) is 7.53. The maximum absolute atomic E-state index is 12.5. The molecule has 9 nitrogen and oxygen atoms in total. The Bertz CT molecular complexity index is 1400. The maximum Gasteiger partial charge on any atom is 0.389 e. The van der Waals surface area contributed by atoms with E-state index in [-0.39, 0.29) is 12.5 Å². The van der Waals surface area contributed by atoms with Gasteiger partial charge in [-0.2, -0.15) is 18.2 Å². The summed E-state index contributed by atoms with van der Waals surface area (Å²) in [5, 5.41) is 14.1. The van der Waals surface area contributed by atoms with Gasteiger partial charge in [-0.25, -0.2) is 4.52 Å². The SMILES string of the molecule is O=C(NCCC1CCCNC1)c1ccc(Nc2nc3c(C4=CCN(C(=O)CCC(F)(F)F)CC4)cccn3n2)cc1.